The van der Waals surface area contributed by atoms with Crippen LogP contribution in [0.5, 0.6) is 0 Å². The van der Waals surface area contributed by atoms with E-state index in [0.29, 0.717) is 18.9 Å². The molecule has 1 rings (SSSR count). The number of aliphatic hydroxyl groups is 1. The van der Waals surface area contributed by atoms with Gasteiger partial charge in [-0.3, -0.25) is 0 Å². The number of hydrogen-bond donors (Lipinski definition) is 3. The molecule has 20 heavy (non-hydrogen) atoms. The summed E-state index contributed by atoms with van der Waals surface area (Å²) in [5.41, 5.74) is 0.927. The SMILES string of the molecule is CC1C/C(=N\O)C(CC(O)CNC(C)(C)C)C(C)(C)C1. The van der Waals surface area contributed by atoms with Gasteiger partial charge in [-0.2, -0.15) is 0 Å². The van der Waals surface area contributed by atoms with Gasteiger partial charge in [-0.15, -0.1) is 0 Å². The van der Waals surface area contributed by atoms with Gasteiger partial charge >= 0.3 is 0 Å². The summed E-state index contributed by atoms with van der Waals surface area (Å²) in [7, 11) is 0. The van der Waals surface area contributed by atoms with Crippen molar-refractivity contribution in [3.8, 4) is 0 Å². The molecule has 0 radical (unpaired) electrons. The topological polar surface area (TPSA) is 64.9 Å². The van der Waals surface area contributed by atoms with Gasteiger partial charge in [-0.1, -0.05) is 25.9 Å². The van der Waals surface area contributed by atoms with Crippen molar-refractivity contribution in [3.63, 3.8) is 0 Å². The number of nitrogens with zero attached hydrogens (tertiary/aromatic N) is 1. The molecule has 3 N–H and O–H groups in total. The van der Waals surface area contributed by atoms with Crippen molar-refractivity contribution in [1.82, 2.24) is 5.32 Å². The van der Waals surface area contributed by atoms with Gasteiger partial charge in [0, 0.05) is 18.0 Å². The molecule has 0 aliphatic heterocycles. The van der Waals surface area contributed by atoms with Crippen LogP contribution in [0.4, 0.5) is 0 Å². The fourth-order valence-corrected chi connectivity index (χ4v) is 3.41. The lowest BCUT2D eigenvalue weighted by Gasteiger charge is -2.42. The van der Waals surface area contributed by atoms with E-state index in [0.717, 1.165) is 18.6 Å². The molecule has 0 heterocycles. The zero-order chi connectivity index (χ0) is 15.6. The molecule has 0 aromatic carbocycles. The molecule has 3 unspecified atom stereocenters. The highest BCUT2D eigenvalue weighted by Gasteiger charge is 2.40. The lowest BCUT2D eigenvalue weighted by molar-refractivity contribution is 0.0926. The number of rotatable bonds is 4. The quantitative estimate of drug-likeness (QED) is 0.549. The molecule has 4 heteroatoms. The van der Waals surface area contributed by atoms with Crippen LogP contribution in [-0.2, 0) is 0 Å². The Morgan fingerprint density at radius 1 is 1.40 bits per heavy atom. The number of β-amino-alcohol motifs (C(OH)–C–C–N with tert-alkyl or cyclic N) is 1. The Morgan fingerprint density at radius 2 is 2.00 bits per heavy atom. The average molecular weight is 284 g/mol. The second-order valence-electron chi connectivity index (χ2n) is 8.17. The van der Waals surface area contributed by atoms with Gasteiger partial charge in [-0.25, -0.2) is 0 Å². The normalized spacial score (nSPS) is 30.4. The van der Waals surface area contributed by atoms with E-state index >= 15 is 0 Å². The Hall–Kier alpha value is -0.610. The lowest BCUT2D eigenvalue weighted by Crippen LogP contribution is -2.45. The van der Waals surface area contributed by atoms with E-state index in [1.54, 1.807) is 0 Å². The van der Waals surface area contributed by atoms with E-state index in [1.807, 2.05) is 0 Å². The van der Waals surface area contributed by atoms with Crippen LogP contribution >= 0.6 is 0 Å². The van der Waals surface area contributed by atoms with Crippen LogP contribution in [0.1, 0.15) is 60.8 Å². The van der Waals surface area contributed by atoms with Gasteiger partial charge in [0.15, 0.2) is 0 Å². The summed E-state index contributed by atoms with van der Waals surface area (Å²) in [6.45, 7) is 13.5. The highest BCUT2D eigenvalue weighted by atomic mass is 16.4. The van der Waals surface area contributed by atoms with Gasteiger partial charge in [-0.05, 0) is 51.4 Å². The molecule has 118 valence electrons. The fraction of sp³-hybridized carbons (Fsp3) is 0.938. The standard InChI is InChI=1S/C16H32N2O2/c1-11-7-14(18-20)13(16(5,6)9-11)8-12(19)10-17-15(2,3)4/h11-13,17,19-20H,7-10H2,1-6H3/b18-14+. The summed E-state index contributed by atoms with van der Waals surface area (Å²) in [5.74, 6) is 0.692. The van der Waals surface area contributed by atoms with Crippen LogP contribution < -0.4 is 5.32 Å². The molecule has 0 aromatic heterocycles. The summed E-state index contributed by atoms with van der Waals surface area (Å²) in [6.07, 6.45) is 2.19. The van der Waals surface area contributed by atoms with Crippen LogP contribution in [0.15, 0.2) is 5.16 Å². The first kappa shape index (κ1) is 17.4. The van der Waals surface area contributed by atoms with Gasteiger partial charge in [0.05, 0.1) is 11.8 Å². The van der Waals surface area contributed by atoms with Gasteiger partial charge < -0.3 is 15.6 Å². The number of oxime groups is 1. The average Bonchev–Trinajstić information content (AvgIpc) is 2.28. The smallest absolute Gasteiger partial charge is 0.0671 e. The molecule has 1 saturated carbocycles. The molecule has 0 saturated heterocycles. The van der Waals surface area contributed by atoms with Gasteiger partial charge in [0.1, 0.15) is 0 Å². The summed E-state index contributed by atoms with van der Waals surface area (Å²) in [5, 5.41) is 26.4. The molecule has 0 spiro atoms. The van der Waals surface area contributed by atoms with Crippen LogP contribution in [-0.4, -0.2) is 34.2 Å². The Labute approximate surface area is 123 Å². The second kappa shape index (κ2) is 6.44. The third-order valence-corrected chi connectivity index (χ3v) is 4.28. The highest BCUT2D eigenvalue weighted by molar-refractivity contribution is 5.88. The largest absolute Gasteiger partial charge is 0.411 e. The molecular weight excluding hydrogens is 252 g/mol. The summed E-state index contributed by atoms with van der Waals surface area (Å²) >= 11 is 0. The van der Waals surface area contributed by atoms with Crippen molar-refractivity contribution in [2.75, 3.05) is 6.54 Å². The Morgan fingerprint density at radius 3 is 2.50 bits per heavy atom. The zero-order valence-corrected chi connectivity index (χ0v) is 13.9. The maximum absolute atomic E-state index is 10.3. The third-order valence-electron chi connectivity index (χ3n) is 4.28. The molecule has 4 nitrogen and oxygen atoms in total. The molecule has 1 aliphatic rings. The maximum atomic E-state index is 10.3. The molecule has 3 atom stereocenters. The Bertz CT molecular complexity index is 345. The van der Waals surface area contributed by atoms with Crippen LogP contribution in [0, 0.1) is 17.3 Å². The van der Waals surface area contributed by atoms with E-state index in [1.165, 1.54) is 0 Å². The first-order valence-electron chi connectivity index (χ1n) is 7.69. The summed E-state index contributed by atoms with van der Waals surface area (Å²) < 4.78 is 0. The molecule has 0 amide bonds. The highest BCUT2D eigenvalue weighted by Crippen LogP contribution is 2.43. The van der Waals surface area contributed by atoms with Crippen LogP contribution in [0.3, 0.4) is 0 Å². The van der Waals surface area contributed by atoms with Crippen molar-refractivity contribution in [2.24, 2.45) is 22.4 Å². The Balaban J connectivity index is 2.67. The second-order valence-corrected chi connectivity index (χ2v) is 8.17. The van der Waals surface area contributed by atoms with Crippen molar-refractivity contribution in [1.29, 1.82) is 0 Å². The van der Waals surface area contributed by atoms with Crippen molar-refractivity contribution >= 4 is 5.71 Å². The first-order valence-corrected chi connectivity index (χ1v) is 7.69. The van der Waals surface area contributed by atoms with E-state index < -0.39 is 6.10 Å². The number of nitrogens with one attached hydrogen (secondary N) is 1. The summed E-state index contributed by atoms with van der Waals surface area (Å²) in [4.78, 5) is 0. The molecule has 0 aromatic rings. The van der Waals surface area contributed by atoms with E-state index in [2.05, 4.69) is 52.0 Å². The van der Waals surface area contributed by atoms with Crippen LogP contribution in [0.2, 0.25) is 0 Å². The number of hydrogen-bond acceptors (Lipinski definition) is 4. The van der Waals surface area contributed by atoms with Crippen molar-refractivity contribution in [3.05, 3.63) is 0 Å². The minimum Gasteiger partial charge on any atom is -0.411 e. The predicted molar refractivity (Wildman–Crippen MR) is 83.3 cm³/mol. The predicted octanol–water partition coefficient (Wildman–Crippen LogP) is 3.03. The maximum Gasteiger partial charge on any atom is 0.0671 e. The minimum absolute atomic E-state index is 0.00543. The summed E-state index contributed by atoms with van der Waals surface area (Å²) in [6, 6.07) is 0. The van der Waals surface area contributed by atoms with Crippen molar-refractivity contribution in [2.45, 2.75) is 72.4 Å². The van der Waals surface area contributed by atoms with Gasteiger partial charge in [0.2, 0.25) is 0 Å². The minimum atomic E-state index is -0.413. The number of aliphatic hydroxyl groups excluding tert-OH is 1. The van der Waals surface area contributed by atoms with Crippen LogP contribution in [0.25, 0.3) is 0 Å². The zero-order valence-electron chi connectivity index (χ0n) is 13.9. The fourth-order valence-electron chi connectivity index (χ4n) is 3.41. The lowest BCUT2D eigenvalue weighted by atomic mass is 9.63. The van der Waals surface area contributed by atoms with Crippen molar-refractivity contribution < 1.29 is 10.3 Å². The first-order chi connectivity index (χ1) is 9.05. The van der Waals surface area contributed by atoms with E-state index in [-0.39, 0.29) is 16.9 Å². The van der Waals surface area contributed by atoms with E-state index in [4.69, 9.17) is 0 Å². The molecule has 0 bridgehead atoms. The third kappa shape index (κ3) is 5.06. The Kier molecular flexibility index (Phi) is 5.61. The molecular formula is C16H32N2O2. The van der Waals surface area contributed by atoms with Gasteiger partial charge in [0.25, 0.3) is 0 Å². The molecule has 1 fully saturated rings. The van der Waals surface area contributed by atoms with E-state index in [9.17, 15) is 10.3 Å². The monoisotopic (exact) mass is 284 g/mol. The molecule has 1 aliphatic carbocycles.